The Morgan fingerprint density at radius 3 is 2.86 bits per heavy atom. The smallest absolute Gasteiger partial charge is 0.273 e. The van der Waals surface area contributed by atoms with Crippen LogP contribution in [0.5, 0.6) is 0 Å². The molecule has 0 radical (unpaired) electrons. The number of amides is 1. The number of nitriles is 1. The van der Waals surface area contributed by atoms with Crippen molar-refractivity contribution in [3.05, 3.63) is 22.0 Å². The summed E-state index contributed by atoms with van der Waals surface area (Å²) in [5, 5.41) is 19.8. The number of furan rings is 1. The SMILES string of the molecule is CC1CCCC1CNC(=O)c1nc(NC2CCNCC2)c(Br)c2cc(C#N)oc12. The van der Waals surface area contributed by atoms with E-state index in [-0.39, 0.29) is 23.4 Å². The van der Waals surface area contributed by atoms with Gasteiger partial charge in [0.05, 0.1) is 4.47 Å². The maximum atomic E-state index is 13.0. The van der Waals surface area contributed by atoms with E-state index < -0.39 is 0 Å². The van der Waals surface area contributed by atoms with Crippen LogP contribution in [0.2, 0.25) is 0 Å². The minimum atomic E-state index is -0.256. The van der Waals surface area contributed by atoms with Crippen LogP contribution in [0.1, 0.15) is 55.3 Å². The quantitative estimate of drug-likeness (QED) is 0.628. The molecule has 2 aromatic heterocycles. The molecule has 29 heavy (non-hydrogen) atoms. The molecule has 154 valence electrons. The predicted molar refractivity (Wildman–Crippen MR) is 115 cm³/mol. The lowest BCUT2D eigenvalue weighted by Crippen LogP contribution is -2.36. The summed E-state index contributed by atoms with van der Waals surface area (Å²) in [6.07, 6.45) is 5.56. The monoisotopic (exact) mass is 459 g/mol. The fourth-order valence-corrected chi connectivity index (χ4v) is 4.86. The highest BCUT2D eigenvalue weighted by atomic mass is 79.9. The van der Waals surface area contributed by atoms with Gasteiger partial charge in [-0.2, -0.15) is 5.26 Å². The Kier molecular flexibility index (Phi) is 6.07. The minimum Gasteiger partial charge on any atom is -0.443 e. The van der Waals surface area contributed by atoms with E-state index in [1.807, 2.05) is 6.07 Å². The first-order valence-electron chi connectivity index (χ1n) is 10.4. The van der Waals surface area contributed by atoms with E-state index >= 15 is 0 Å². The highest BCUT2D eigenvalue weighted by Gasteiger charge is 2.27. The third kappa shape index (κ3) is 4.26. The van der Waals surface area contributed by atoms with E-state index in [4.69, 9.17) is 4.42 Å². The second-order valence-corrected chi connectivity index (χ2v) is 8.93. The van der Waals surface area contributed by atoms with Crippen molar-refractivity contribution in [2.75, 3.05) is 25.0 Å². The molecule has 1 saturated heterocycles. The summed E-state index contributed by atoms with van der Waals surface area (Å²) in [6, 6.07) is 3.96. The summed E-state index contributed by atoms with van der Waals surface area (Å²) in [5.41, 5.74) is 0.577. The zero-order valence-electron chi connectivity index (χ0n) is 16.6. The Morgan fingerprint density at radius 1 is 1.38 bits per heavy atom. The van der Waals surface area contributed by atoms with E-state index in [9.17, 15) is 10.1 Å². The van der Waals surface area contributed by atoms with Crippen molar-refractivity contribution in [1.29, 1.82) is 5.26 Å². The molecule has 1 aliphatic carbocycles. The Labute approximate surface area is 178 Å². The van der Waals surface area contributed by atoms with Crippen LogP contribution in [0.25, 0.3) is 11.0 Å². The third-order valence-electron chi connectivity index (χ3n) is 6.18. The lowest BCUT2D eigenvalue weighted by atomic mass is 9.98. The first-order chi connectivity index (χ1) is 14.1. The molecule has 2 fully saturated rings. The lowest BCUT2D eigenvalue weighted by molar-refractivity contribution is 0.0940. The zero-order chi connectivity index (χ0) is 20.4. The first kappa shape index (κ1) is 20.2. The summed E-state index contributed by atoms with van der Waals surface area (Å²) in [5.74, 6) is 1.66. The molecule has 1 amide bonds. The van der Waals surface area contributed by atoms with Gasteiger partial charge in [0.15, 0.2) is 11.3 Å². The fourth-order valence-electron chi connectivity index (χ4n) is 4.37. The van der Waals surface area contributed by atoms with Crippen molar-refractivity contribution in [2.45, 2.75) is 45.1 Å². The number of halogens is 1. The van der Waals surface area contributed by atoms with Crippen LogP contribution >= 0.6 is 15.9 Å². The molecule has 3 heterocycles. The van der Waals surface area contributed by atoms with Gasteiger partial charge >= 0.3 is 0 Å². The van der Waals surface area contributed by atoms with Crippen LogP contribution in [-0.4, -0.2) is 36.6 Å². The van der Waals surface area contributed by atoms with Gasteiger partial charge in [-0.25, -0.2) is 4.98 Å². The van der Waals surface area contributed by atoms with Gasteiger partial charge in [-0.3, -0.25) is 4.79 Å². The zero-order valence-corrected chi connectivity index (χ0v) is 18.1. The van der Waals surface area contributed by atoms with Crippen LogP contribution in [0, 0.1) is 23.2 Å². The van der Waals surface area contributed by atoms with E-state index in [1.54, 1.807) is 6.07 Å². The highest BCUT2D eigenvalue weighted by molar-refractivity contribution is 9.10. The molecule has 7 nitrogen and oxygen atoms in total. The lowest BCUT2D eigenvalue weighted by Gasteiger charge is -2.25. The molecule has 1 saturated carbocycles. The number of anilines is 1. The Morgan fingerprint density at radius 2 is 2.17 bits per heavy atom. The average molecular weight is 460 g/mol. The number of aromatic nitrogens is 1. The highest BCUT2D eigenvalue weighted by Crippen LogP contribution is 2.35. The van der Waals surface area contributed by atoms with Crippen molar-refractivity contribution in [2.24, 2.45) is 11.8 Å². The normalized spacial score (nSPS) is 22.5. The number of hydrogen-bond acceptors (Lipinski definition) is 6. The maximum Gasteiger partial charge on any atom is 0.273 e. The maximum absolute atomic E-state index is 13.0. The number of hydrogen-bond donors (Lipinski definition) is 3. The van der Waals surface area contributed by atoms with Crippen LogP contribution in [0.4, 0.5) is 5.82 Å². The van der Waals surface area contributed by atoms with E-state index in [0.717, 1.165) is 36.8 Å². The number of pyridine rings is 1. The number of nitrogens with zero attached hydrogens (tertiary/aromatic N) is 2. The largest absolute Gasteiger partial charge is 0.443 e. The van der Waals surface area contributed by atoms with E-state index in [0.29, 0.717) is 35.2 Å². The third-order valence-corrected chi connectivity index (χ3v) is 6.99. The molecule has 2 aliphatic rings. The second kappa shape index (κ2) is 8.72. The van der Waals surface area contributed by atoms with Crippen molar-refractivity contribution in [3.8, 4) is 6.07 Å². The summed E-state index contributed by atoms with van der Waals surface area (Å²) >= 11 is 3.59. The molecular weight excluding hydrogens is 434 g/mol. The number of nitrogens with one attached hydrogen (secondary N) is 3. The Bertz CT molecular complexity index is 945. The molecule has 8 heteroatoms. The van der Waals surface area contributed by atoms with Crippen molar-refractivity contribution in [1.82, 2.24) is 15.6 Å². The van der Waals surface area contributed by atoms with Gasteiger partial charge in [-0.05, 0) is 60.1 Å². The van der Waals surface area contributed by atoms with Crippen LogP contribution in [0.3, 0.4) is 0 Å². The molecule has 3 N–H and O–H groups in total. The molecular formula is C21H26BrN5O2. The molecule has 0 aromatic carbocycles. The standard InChI is InChI=1S/C21H26BrN5O2/c1-12-3-2-4-13(12)11-25-21(28)18-19-16(9-15(10-23)29-19)17(22)20(27-18)26-14-5-7-24-8-6-14/h9,12-14,24H,2-8,11H2,1H3,(H,25,28)(H,26,27). The summed E-state index contributed by atoms with van der Waals surface area (Å²) in [6.45, 7) is 4.79. The van der Waals surface area contributed by atoms with Crippen LogP contribution in [-0.2, 0) is 0 Å². The fraction of sp³-hybridized carbons (Fsp3) is 0.571. The summed E-state index contributed by atoms with van der Waals surface area (Å²) < 4.78 is 6.36. The van der Waals surface area contributed by atoms with Gasteiger partial charge in [0.1, 0.15) is 11.9 Å². The van der Waals surface area contributed by atoms with Gasteiger partial charge in [0.2, 0.25) is 5.76 Å². The van der Waals surface area contributed by atoms with E-state index in [2.05, 4.69) is 43.8 Å². The number of carbonyl (C=O) groups is 1. The Balaban J connectivity index is 1.63. The van der Waals surface area contributed by atoms with E-state index in [1.165, 1.54) is 12.8 Å². The molecule has 1 aliphatic heterocycles. The van der Waals surface area contributed by atoms with Gasteiger partial charge in [-0.15, -0.1) is 0 Å². The average Bonchev–Trinajstić information content (AvgIpc) is 3.35. The van der Waals surface area contributed by atoms with Crippen molar-refractivity contribution in [3.63, 3.8) is 0 Å². The molecule has 0 spiro atoms. The molecule has 2 atom stereocenters. The van der Waals surface area contributed by atoms with Crippen molar-refractivity contribution < 1.29 is 9.21 Å². The topological polar surface area (TPSA) is 103 Å². The van der Waals surface area contributed by atoms with Gasteiger partial charge in [0, 0.05) is 24.0 Å². The summed E-state index contributed by atoms with van der Waals surface area (Å²) in [7, 11) is 0. The molecule has 2 unspecified atom stereocenters. The molecule has 2 aromatic rings. The predicted octanol–water partition coefficient (Wildman–Crippen LogP) is 3.79. The molecule has 0 bridgehead atoms. The number of piperidine rings is 1. The van der Waals surface area contributed by atoms with Crippen LogP contribution in [0.15, 0.2) is 15.0 Å². The van der Waals surface area contributed by atoms with Gasteiger partial charge < -0.3 is 20.4 Å². The van der Waals surface area contributed by atoms with Crippen LogP contribution < -0.4 is 16.0 Å². The number of carbonyl (C=O) groups excluding carboxylic acids is 1. The minimum absolute atomic E-state index is 0.167. The first-order valence-corrected chi connectivity index (χ1v) is 11.1. The molecule has 4 rings (SSSR count). The number of rotatable bonds is 5. The van der Waals surface area contributed by atoms with Gasteiger partial charge in [-0.1, -0.05) is 19.8 Å². The Hall–Kier alpha value is -2.11. The van der Waals surface area contributed by atoms with Crippen molar-refractivity contribution >= 4 is 38.6 Å². The summed E-state index contributed by atoms with van der Waals surface area (Å²) in [4.78, 5) is 17.6. The number of fused-ring (bicyclic) bond motifs is 1. The van der Waals surface area contributed by atoms with Gasteiger partial charge in [0.25, 0.3) is 5.91 Å². The second-order valence-electron chi connectivity index (χ2n) is 8.14.